The molecule has 1 aliphatic rings. The molecule has 7 nitrogen and oxygen atoms in total. The highest BCUT2D eigenvalue weighted by atomic mass is 35.5. The normalized spacial score (nSPS) is 14.6. The van der Waals surface area contributed by atoms with Crippen LogP contribution >= 0.6 is 11.6 Å². The third-order valence-electron chi connectivity index (χ3n) is 5.46. The highest BCUT2D eigenvalue weighted by molar-refractivity contribution is 7.91. The number of para-hydroxylation sites is 1. The smallest absolute Gasteiger partial charge is 0.227 e. The number of nitrogens with two attached hydrogens (primary N) is 1. The van der Waals surface area contributed by atoms with Crippen LogP contribution in [0, 0.1) is 0 Å². The van der Waals surface area contributed by atoms with Gasteiger partial charge < -0.3 is 15.5 Å². The van der Waals surface area contributed by atoms with E-state index in [9.17, 15) is 8.42 Å². The summed E-state index contributed by atoms with van der Waals surface area (Å²) >= 11 is 6.31. The minimum absolute atomic E-state index is 0.0434. The van der Waals surface area contributed by atoms with Gasteiger partial charge in [-0.1, -0.05) is 42.8 Å². The monoisotopic (exact) mass is 457 g/mol. The second-order valence-corrected chi connectivity index (χ2v) is 9.67. The number of aromatic nitrogens is 2. The summed E-state index contributed by atoms with van der Waals surface area (Å²) in [5.74, 6) is 0.384. The molecule has 0 amide bonds. The zero-order valence-electron chi connectivity index (χ0n) is 17.2. The first-order chi connectivity index (χ1) is 14.9. The number of rotatable bonds is 5. The van der Waals surface area contributed by atoms with Gasteiger partial charge in [0.15, 0.2) is 0 Å². The van der Waals surface area contributed by atoms with E-state index in [0.717, 1.165) is 35.8 Å². The molecule has 0 saturated carbocycles. The van der Waals surface area contributed by atoms with Crippen molar-refractivity contribution in [2.45, 2.75) is 23.1 Å². The minimum Gasteiger partial charge on any atom is -0.382 e. The molecule has 2 heterocycles. The van der Waals surface area contributed by atoms with Crippen LogP contribution in [0.15, 0.2) is 64.5 Å². The third-order valence-corrected chi connectivity index (χ3v) is 7.56. The van der Waals surface area contributed by atoms with Crippen molar-refractivity contribution < 1.29 is 8.42 Å². The molecule has 2 aromatic carbocycles. The van der Waals surface area contributed by atoms with E-state index < -0.39 is 9.84 Å². The second-order valence-electron chi connectivity index (χ2n) is 7.35. The maximum absolute atomic E-state index is 13.0. The van der Waals surface area contributed by atoms with Crippen LogP contribution in [0.4, 0.5) is 17.5 Å². The Bertz CT molecular complexity index is 1180. The van der Waals surface area contributed by atoms with E-state index in [1.165, 1.54) is 6.20 Å². The Labute approximate surface area is 187 Å². The standard InChI is InChI=1S/C22H24ClN5O2S/c1-2-16-7-9-17(10-8-16)31(29,30)20-15-25-22(26-21(20)24)28-13-11-27(12-14-28)19-6-4-3-5-18(19)23/h3-10,15H,2,11-14H2,1H3,(H2,24,25,26). The van der Waals surface area contributed by atoms with Crippen molar-refractivity contribution in [1.29, 1.82) is 0 Å². The number of hydrogen-bond donors (Lipinski definition) is 1. The van der Waals surface area contributed by atoms with Gasteiger partial charge in [-0.2, -0.15) is 4.98 Å². The molecule has 0 unspecified atom stereocenters. The Kier molecular flexibility index (Phi) is 6.02. The maximum atomic E-state index is 13.0. The van der Waals surface area contributed by atoms with Gasteiger partial charge in [0, 0.05) is 26.2 Å². The summed E-state index contributed by atoms with van der Waals surface area (Å²) in [4.78, 5) is 12.9. The quantitative estimate of drug-likeness (QED) is 0.627. The number of anilines is 3. The molecule has 0 bridgehead atoms. The van der Waals surface area contributed by atoms with E-state index >= 15 is 0 Å². The van der Waals surface area contributed by atoms with Gasteiger partial charge in [-0.05, 0) is 36.2 Å². The Morgan fingerprint density at radius 3 is 2.26 bits per heavy atom. The Morgan fingerprint density at radius 2 is 1.65 bits per heavy atom. The molecule has 31 heavy (non-hydrogen) atoms. The number of sulfone groups is 1. The predicted octanol–water partition coefficient (Wildman–Crippen LogP) is 3.43. The number of halogens is 1. The van der Waals surface area contributed by atoms with E-state index in [0.29, 0.717) is 19.0 Å². The maximum Gasteiger partial charge on any atom is 0.227 e. The molecule has 1 aliphatic heterocycles. The van der Waals surface area contributed by atoms with Crippen molar-refractivity contribution >= 4 is 38.9 Å². The van der Waals surface area contributed by atoms with Crippen molar-refractivity contribution in [2.24, 2.45) is 0 Å². The zero-order chi connectivity index (χ0) is 22.0. The molecule has 2 N–H and O–H groups in total. The lowest BCUT2D eigenvalue weighted by atomic mass is 10.2. The predicted molar refractivity (Wildman–Crippen MR) is 124 cm³/mol. The molecule has 0 atom stereocenters. The van der Waals surface area contributed by atoms with Crippen LogP contribution in [0.5, 0.6) is 0 Å². The van der Waals surface area contributed by atoms with Crippen LogP contribution in [-0.2, 0) is 16.3 Å². The molecule has 0 spiro atoms. The fourth-order valence-electron chi connectivity index (χ4n) is 3.62. The summed E-state index contributed by atoms with van der Waals surface area (Å²) in [5, 5.41) is 0.720. The summed E-state index contributed by atoms with van der Waals surface area (Å²) in [6, 6.07) is 14.5. The average molecular weight is 458 g/mol. The molecule has 0 aliphatic carbocycles. The van der Waals surface area contributed by atoms with Crippen LogP contribution in [0.1, 0.15) is 12.5 Å². The number of benzene rings is 2. The first-order valence-electron chi connectivity index (χ1n) is 10.1. The van der Waals surface area contributed by atoms with Crippen LogP contribution in [-0.4, -0.2) is 44.6 Å². The molecule has 1 saturated heterocycles. The van der Waals surface area contributed by atoms with Crippen LogP contribution in [0.25, 0.3) is 0 Å². The molecular formula is C22H24ClN5O2S. The van der Waals surface area contributed by atoms with Gasteiger partial charge in [-0.3, -0.25) is 0 Å². The molecule has 3 aromatic rings. The van der Waals surface area contributed by atoms with Gasteiger partial charge in [0.05, 0.1) is 21.8 Å². The lowest BCUT2D eigenvalue weighted by molar-refractivity contribution is 0.595. The van der Waals surface area contributed by atoms with Crippen LogP contribution in [0.3, 0.4) is 0 Å². The zero-order valence-corrected chi connectivity index (χ0v) is 18.8. The summed E-state index contributed by atoms with van der Waals surface area (Å²) in [6.07, 6.45) is 2.14. The van der Waals surface area contributed by atoms with E-state index in [4.69, 9.17) is 17.3 Å². The van der Waals surface area contributed by atoms with Gasteiger partial charge >= 0.3 is 0 Å². The van der Waals surface area contributed by atoms with Crippen molar-refractivity contribution in [3.8, 4) is 0 Å². The van der Waals surface area contributed by atoms with Crippen molar-refractivity contribution in [3.63, 3.8) is 0 Å². The highest BCUT2D eigenvalue weighted by Crippen LogP contribution is 2.28. The first kappa shape index (κ1) is 21.4. The van der Waals surface area contributed by atoms with Crippen molar-refractivity contribution in [1.82, 2.24) is 9.97 Å². The summed E-state index contributed by atoms with van der Waals surface area (Å²) < 4.78 is 26.0. The number of nitrogens with zero attached hydrogens (tertiary/aromatic N) is 4. The topological polar surface area (TPSA) is 92.4 Å². The van der Waals surface area contributed by atoms with E-state index in [-0.39, 0.29) is 15.6 Å². The Hall–Kier alpha value is -2.84. The summed E-state index contributed by atoms with van der Waals surface area (Å²) in [5.41, 5.74) is 8.13. The van der Waals surface area contributed by atoms with Crippen LogP contribution < -0.4 is 15.5 Å². The molecule has 162 valence electrons. The molecule has 9 heteroatoms. The molecule has 1 aromatic heterocycles. The lowest BCUT2D eigenvalue weighted by Gasteiger charge is -2.36. The fourth-order valence-corrected chi connectivity index (χ4v) is 5.14. The average Bonchev–Trinajstić information content (AvgIpc) is 2.79. The Balaban J connectivity index is 1.51. The lowest BCUT2D eigenvalue weighted by Crippen LogP contribution is -2.47. The fraction of sp³-hybridized carbons (Fsp3) is 0.273. The molecule has 1 fully saturated rings. The van der Waals surface area contributed by atoms with Crippen molar-refractivity contribution in [2.75, 3.05) is 41.7 Å². The number of nitrogen functional groups attached to an aromatic ring is 1. The number of aryl methyl sites for hydroxylation is 1. The van der Waals surface area contributed by atoms with Gasteiger partial charge in [-0.15, -0.1) is 0 Å². The van der Waals surface area contributed by atoms with Crippen LogP contribution in [0.2, 0.25) is 5.02 Å². The van der Waals surface area contributed by atoms with Gasteiger partial charge in [0.25, 0.3) is 0 Å². The van der Waals surface area contributed by atoms with Gasteiger partial charge in [-0.25, -0.2) is 13.4 Å². The Morgan fingerprint density at radius 1 is 1.00 bits per heavy atom. The van der Waals surface area contributed by atoms with E-state index in [1.54, 1.807) is 24.3 Å². The van der Waals surface area contributed by atoms with E-state index in [1.807, 2.05) is 36.1 Å². The number of piperazine rings is 1. The molecular weight excluding hydrogens is 434 g/mol. The largest absolute Gasteiger partial charge is 0.382 e. The summed E-state index contributed by atoms with van der Waals surface area (Å²) in [6.45, 7) is 4.86. The molecule has 0 radical (unpaired) electrons. The van der Waals surface area contributed by atoms with Gasteiger partial charge in [0.1, 0.15) is 10.7 Å². The minimum atomic E-state index is -3.78. The molecule has 4 rings (SSSR count). The summed E-state index contributed by atoms with van der Waals surface area (Å²) in [7, 11) is -3.78. The van der Waals surface area contributed by atoms with E-state index in [2.05, 4.69) is 14.9 Å². The first-order valence-corrected chi connectivity index (χ1v) is 12.0. The third kappa shape index (κ3) is 4.31. The van der Waals surface area contributed by atoms with Crippen molar-refractivity contribution in [3.05, 3.63) is 65.3 Å². The SMILES string of the molecule is CCc1ccc(S(=O)(=O)c2cnc(N3CCN(c4ccccc4Cl)CC3)nc2N)cc1. The van der Waals surface area contributed by atoms with Gasteiger partial charge in [0.2, 0.25) is 15.8 Å². The second kappa shape index (κ2) is 8.72. The number of hydrogen-bond acceptors (Lipinski definition) is 7. The highest BCUT2D eigenvalue weighted by Gasteiger charge is 2.25.